The van der Waals surface area contributed by atoms with E-state index in [1.54, 1.807) is 0 Å². The van der Waals surface area contributed by atoms with Gasteiger partial charge in [-0.2, -0.15) is 0 Å². The largest absolute Gasteiger partial charge is 0.361 e. The summed E-state index contributed by atoms with van der Waals surface area (Å²) in [7, 11) is 0. The molecule has 0 bridgehead atoms. The fourth-order valence-electron chi connectivity index (χ4n) is 1.61. The lowest BCUT2D eigenvalue weighted by atomic mass is 9.93. The summed E-state index contributed by atoms with van der Waals surface area (Å²) in [6.45, 7) is 4.87. The predicted octanol–water partition coefficient (Wildman–Crippen LogP) is 1.93. The van der Waals surface area contributed by atoms with Crippen LogP contribution in [0.1, 0.15) is 36.3 Å². The van der Waals surface area contributed by atoms with E-state index in [9.17, 15) is 0 Å². The molecule has 72 valence electrons. The van der Waals surface area contributed by atoms with Crippen molar-refractivity contribution >= 4 is 0 Å². The second-order valence-electron chi connectivity index (χ2n) is 3.81. The number of aromatic nitrogens is 1. The van der Waals surface area contributed by atoms with Crippen molar-refractivity contribution in [2.24, 2.45) is 0 Å². The van der Waals surface area contributed by atoms with Crippen LogP contribution in [0.5, 0.6) is 0 Å². The minimum absolute atomic E-state index is 0.730. The van der Waals surface area contributed by atoms with Crippen molar-refractivity contribution in [2.75, 3.05) is 0 Å². The molecule has 0 unspecified atom stereocenters. The van der Waals surface area contributed by atoms with Gasteiger partial charge in [-0.15, -0.1) is 0 Å². The Bertz CT molecular complexity index is 270. The highest BCUT2D eigenvalue weighted by Gasteiger charge is 2.17. The molecule has 3 heteroatoms. The normalized spacial score (nSPS) is 17.4. The molecule has 0 aromatic carbocycles. The molecular weight excluding hydrogens is 164 g/mol. The molecule has 1 heterocycles. The first-order valence-electron chi connectivity index (χ1n) is 4.92. The number of aryl methyl sites for hydroxylation is 2. The molecule has 1 saturated carbocycles. The lowest BCUT2D eigenvalue weighted by Gasteiger charge is -2.26. The highest BCUT2D eigenvalue weighted by Crippen LogP contribution is 2.19. The average molecular weight is 180 g/mol. The maximum absolute atomic E-state index is 5.09. The number of hydrogen-bond acceptors (Lipinski definition) is 3. The molecule has 0 atom stereocenters. The summed E-state index contributed by atoms with van der Waals surface area (Å²) in [6.07, 6.45) is 4.02. The van der Waals surface area contributed by atoms with Gasteiger partial charge in [0.2, 0.25) is 0 Å². The topological polar surface area (TPSA) is 38.1 Å². The van der Waals surface area contributed by atoms with Gasteiger partial charge in [-0.05, 0) is 26.7 Å². The Kier molecular flexibility index (Phi) is 2.36. The number of nitrogens with zero attached hydrogens (tertiary/aromatic N) is 1. The molecule has 2 rings (SSSR count). The zero-order valence-electron chi connectivity index (χ0n) is 8.26. The number of nitrogens with one attached hydrogen (secondary N) is 1. The molecule has 1 aliphatic rings. The standard InChI is InChI=1S/C10H16N2O/c1-7-10(8(2)13-12-7)6-11-9-4-3-5-9/h9,11H,3-6H2,1-2H3. The van der Waals surface area contributed by atoms with Gasteiger partial charge in [0.25, 0.3) is 0 Å². The Hall–Kier alpha value is -0.830. The van der Waals surface area contributed by atoms with Crippen LogP contribution in [0.3, 0.4) is 0 Å². The molecule has 0 amide bonds. The molecule has 1 aliphatic carbocycles. The average Bonchev–Trinajstić information content (AvgIpc) is 2.32. The van der Waals surface area contributed by atoms with Crippen LogP contribution in [-0.2, 0) is 6.54 Å². The van der Waals surface area contributed by atoms with E-state index in [1.165, 1.54) is 24.8 Å². The van der Waals surface area contributed by atoms with Gasteiger partial charge in [-0.3, -0.25) is 0 Å². The quantitative estimate of drug-likeness (QED) is 0.772. The van der Waals surface area contributed by atoms with E-state index in [4.69, 9.17) is 4.52 Å². The second-order valence-corrected chi connectivity index (χ2v) is 3.81. The van der Waals surface area contributed by atoms with E-state index in [2.05, 4.69) is 10.5 Å². The Labute approximate surface area is 78.5 Å². The molecule has 1 aromatic heterocycles. The lowest BCUT2D eigenvalue weighted by molar-refractivity contribution is 0.336. The highest BCUT2D eigenvalue weighted by molar-refractivity contribution is 5.20. The molecule has 1 aromatic rings. The van der Waals surface area contributed by atoms with Gasteiger partial charge in [0.1, 0.15) is 5.76 Å². The fourth-order valence-corrected chi connectivity index (χ4v) is 1.61. The van der Waals surface area contributed by atoms with Crippen molar-refractivity contribution in [3.05, 3.63) is 17.0 Å². The van der Waals surface area contributed by atoms with Crippen LogP contribution in [0.25, 0.3) is 0 Å². The van der Waals surface area contributed by atoms with Gasteiger partial charge in [0.15, 0.2) is 0 Å². The Morgan fingerprint density at radius 2 is 2.23 bits per heavy atom. The van der Waals surface area contributed by atoms with E-state index in [1.807, 2.05) is 13.8 Å². The zero-order chi connectivity index (χ0) is 9.26. The summed E-state index contributed by atoms with van der Waals surface area (Å²) in [4.78, 5) is 0. The van der Waals surface area contributed by atoms with Crippen molar-refractivity contribution in [3.63, 3.8) is 0 Å². The van der Waals surface area contributed by atoms with Crippen LogP contribution in [0, 0.1) is 13.8 Å². The van der Waals surface area contributed by atoms with Gasteiger partial charge < -0.3 is 9.84 Å². The summed E-state index contributed by atoms with van der Waals surface area (Å²) < 4.78 is 5.09. The maximum Gasteiger partial charge on any atom is 0.138 e. The third-order valence-electron chi connectivity index (χ3n) is 2.85. The van der Waals surface area contributed by atoms with Crippen LogP contribution in [0.15, 0.2) is 4.52 Å². The molecule has 0 spiro atoms. The van der Waals surface area contributed by atoms with Crippen LogP contribution in [0.2, 0.25) is 0 Å². The van der Waals surface area contributed by atoms with Gasteiger partial charge >= 0.3 is 0 Å². The van der Waals surface area contributed by atoms with Crippen molar-refractivity contribution in [2.45, 2.75) is 45.7 Å². The molecule has 0 aliphatic heterocycles. The fraction of sp³-hybridized carbons (Fsp3) is 0.700. The van der Waals surface area contributed by atoms with Crippen LogP contribution in [-0.4, -0.2) is 11.2 Å². The molecule has 13 heavy (non-hydrogen) atoms. The highest BCUT2D eigenvalue weighted by atomic mass is 16.5. The first kappa shape index (κ1) is 8.75. The second kappa shape index (κ2) is 3.50. The molecule has 1 N–H and O–H groups in total. The monoisotopic (exact) mass is 180 g/mol. The molecule has 1 fully saturated rings. The zero-order valence-corrected chi connectivity index (χ0v) is 8.26. The van der Waals surface area contributed by atoms with Gasteiger partial charge in [-0.1, -0.05) is 11.6 Å². The minimum atomic E-state index is 0.730. The smallest absolute Gasteiger partial charge is 0.138 e. The van der Waals surface area contributed by atoms with Gasteiger partial charge in [0, 0.05) is 18.2 Å². The van der Waals surface area contributed by atoms with Crippen molar-refractivity contribution in [3.8, 4) is 0 Å². The summed E-state index contributed by atoms with van der Waals surface area (Å²) in [5.74, 6) is 0.948. The summed E-state index contributed by atoms with van der Waals surface area (Å²) >= 11 is 0. The summed E-state index contributed by atoms with van der Waals surface area (Å²) in [5.41, 5.74) is 2.25. The van der Waals surface area contributed by atoms with E-state index >= 15 is 0 Å². The first-order chi connectivity index (χ1) is 6.27. The minimum Gasteiger partial charge on any atom is -0.361 e. The van der Waals surface area contributed by atoms with Crippen molar-refractivity contribution in [1.82, 2.24) is 10.5 Å². The predicted molar refractivity (Wildman–Crippen MR) is 50.5 cm³/mol. The molecular formula is C10H16N2O. The Morgan fingerprint density at radius 3 is 2.69 bits per heavy atom. The van der Waals surface area contributed by atoms with E-state index in [0.29, 0.717) is 0 Å². The lowest BCUT2D eigenvalue weighted by Crippen LogP contribution is -2.34. The Balaban J connectivity index is 1.92. The number of rotatable bonds is 3. The molecule has 0 radical (unpaired) electrons. The van der Waals surface area contributed by atoms with Crippen LogP contribution < -0.4 is 5.32 Å². The third-order valence-corrected chi connectivity index (χ3v) is 2.85. The SMILES string of the molecule is Cc1noc(C)c1CNC1CCC1. The van der Waals surface area contributed by atoms with Crippen molar-refractivity contribution in [1.29, 1.82) is 0 Å². The van der Waals surface area contributed by atoms with Gasteiger partial charge in [-0.25, -0.2) is 0 Å². The van der Waals surface area contributed by atoms with E-state index in [0.717, 1.165) is 24.0 Å². The summed E-state index contributed by atoms with van der Waals surface area (Å²) in [6, 6.07) is 0.730. The first-order valence-corrected chi connectivity index (χ1v) is 4.92. The Morgan fingerprint density at radius 1 is 1.46 bits per heavy atom. The molecule has 3 nitrogen and oxygen atoms in total. The third kappa shape index (κ3) is 1.75. The van der Waals surface area contributed by atoms with Gasteiger partial charge in [0.05, 0.1) is 5.69 Å². The van der Waals surface area contributed by atoms with E-state index in [-0.39, 0.29) is 0 Å². The van der Waals surface area contributed by atoms with E-state index < -0.39 is 0 Å². The summed E-state index contributed by atoms with van der Waals surface area (Å²) in [5, 5.41) is 7.43. The van der Waals surface area contributed by atoms with Crippen LogP contribution in [0.4, 0.5) is 0 Å². The van der Waals surface area contributed by atoms with Crippen molar-refractivity contribution < 1.29 is 4.52 Å². The number of hydrogen-bond donors (Lipinski definition) is 1. The molecule has 0 saturated heterocycles. The maximum atomic E-state index is 5.09. The van der Waals surface area contributed by atoms with Crippen LogP contribution >= 0.6 is 0 Å².